The lowest BCUT2D eigenvalue weighted by Crippen LogP contribution is -2.72. The summed E-state index contributed by atoms with van der Waals surface area (Å²) in [5.41, 5.74) is -1.95. The molecule has 3 aliphatic rings. The van der Waals surface area contributed by atoms with Crippen LogP contribution in [-0.2, 0) is 23.9 Å². The Morgan fingerprint density at radius 1 is 1.35 bits per heavy atom. The first-order valence-corrected chi connectivity index (χ1v) is 9.36. The van der Waals surface area contributed by atoms with Gasteiger partial charge in [-0.15, -0.1) is 0 Å². The third kappa shape index (κ3) is 2.24. The molecule has 0 radical (unpaired) electrons. The fourth-order valence-corrected chi connectivity index (χ4v) is 4.46. The molecule has 0 aromatic heterocycles. The number of piperazine rings is 1. The molecule has 0 saturated carbocycles. The van der Waals surface area contributed by atoms with Crippen LogP contribution in [0.5, 0.6) is 0 Å². The molecular formula is C18H28N2O6. The third-order valence-corrected chi connectivity index (χ3v) is 5.72. The van der Waals surface area contributed by atoms with E-state index in [1.165, 1.54) is 0 Å². The maximum atomic E-state index is 13.4. The van der Waals surface area contributed by atoms with Crippen molar-refractivity contribution in [2.45, 2.75) is 71.1 Å². The molecular weight excluding hydrogens is 340 g/mol. The fourth-order valence-electron chi connectivity index (χ4n) is 4.46. The van der Waals surface area contributed by atoms with E-state index in [0.29, 0.717) is 19.4 Å². The number of fused-ring (bicyclic) bond motifs is 3. The number of carbonyl (C=O) groups is 3. The molecule has 0 aliphatic carbocycles. The highest BCUT2D eigenvalue weighted by Gasteiger charge is 2.74. The number of nitrogens with zero attached hydrogens (tertiary/aromatic N) is 2. The van der Waals surface area contributed by atoms with Gasteiger partial charge >= 0.3 is 5.97 Å². The van der Waals surface area contributed by atoms with E-state index in [1.54, 1.807) is 25.7 Å². The van der Waals surface area contributed by atoms with Gasteiger partial charge in [0.1, 0.15) is 12.1 Å². The summed E-state index contributed by atoms with van der Waals surface area (Å²) in [5, 5.41) is 11.5. The molecule has 0 aromatic rings. The highest BCUT2D eigenvalue weighted by Crippen LogP contribution is 2.49. The summed E-state index contributed by atoms with van der Waals surface area (Å²) in [7, 11) is 0. The molecule has 1 unspecified atom stereocenters. The topological polar surface area (TPSA) is 96.4 Å². The number of amides is 2. The van der Waals surface area contributed by atoms with Crippen molar-refractivity contribution in [2.24, 2.45) is 11.8 Å². The molecule has 0 bridgehead atoms. The van der Waals surface area contributed by atoms with Crippen molar-refractivity contribution >= 4 is 17.8 Å². The zero-order valence-electron chi connectivity index (χ0n) is 16.0. The summed E-state index contributed by atoms with van der Waals surface area (Å²) in [5.74, 6) is -4.54. The minimum Gasteiger partial charge on any atom is -0.463 e. The Morgan fingerprint density at radius 2 is 2.00 bits per heavy atom. The van der Waals surface area contributed by atoms with Gasteiger partial charge in [0.05, 0.1) is 6.61 Å². The first-order valence-electron chi connectivity index (χ1n) is 9.36. The lowest BCUT2D eigenvalue weighted by atomic mass is 9.88. The molecule has 8 heteroatoms. The van der Waals surface area contributed by atoms with Crippen LogP contribution in [0.1, 0.15) is 47.5 Å². The summed E-state index contributed by atoms with van der Waals surface area (Å²) in [6.07, 6.45) is 1.22. The lowest BCUT2D eigenvalue weighted by molar-refractivity contribution is -0.319. The number of rotatable bonds is 4. The smallest absolute Gasteiger partial charge is 0.348 e. The fraction of sp³-hybridized carbons (Fsp3) is 0.833. The molecule has 146 valence electrons. The number of ether oxygens (including phenoxy) is 2. The van der Waals surface area contributed by atoms with Crippen LogP contribution in [0.15, 0.2) is 0 Å². The molecule has 1 N–H and O–H groups in total. The van der Waals surface area contributed by atoms with E-state index in [0.717, 1.165) is 4.90 Å². The molecule has 8 nitrogen and oxygen atoms in total. The van der Waals surface area contributed by atoms with E-state index >= 15 is 0 Å². The average molecular weight is 368 g/mol. The van der Waals surface area contributed by atoms with Gasteiger partial charge in [-0.1, -0.05) is 27.7 Å². The Bertz CT molecular complexity index is 635. The zero-order chi connectivity index (χ0) is 19.4. The second kappa shape index (κ2) is 6.20. The summed E-state index contributed by atoms with van der Waals surface area (Å²) in [6, 6.07) is -1.55. The van der Waals surface area contributed by atoms with Crippen LogP contribution in [0.25, 0.3) is 0 Å². The maximum absolute atomic E-state index is 13.4. The molecule has 4 atom stereocenters. The van der Waals surface area contributed by atoms with Crippen LogP contribution in [-0.4, -0.2) is 69.4 Å². The van der Waals surface area contributed by atoms with Gasteiger partial charge in [0, 0.05) is 12.5 Å². The predicted octanol–water partition coefficient (Wildman–Crippen LogP) is 0.478. The van der Waals surface area contributed by atoms with Crippen molar-refractivity contribution in [2.75, 3.05) is 13.2 Å². The zero-order valence-corrected chi connectivity index (χ0v) is 16.0. The molecule has 2 amide bonds. The molecule has 3 fully saturated rings. The van der Waals surface area contributed by atoms with Gasteiger partial charge in [0.15, 0.2) is 0 Å². The number of carbonyl (C=O) groups excluding carboxylic acids is 3. The van der Waals surface area contributed by atoms with Gasteiger partial charge in [-0.05, 0) is 25.7 Å². The van der Waals surface area contributed by atoms with Crippen LogP contribution < -0.4 is 0 Å². The molecule has 3 heterocycles. The van der Waals surface area contributed by atoms with Crippen LogP contribution in [0, 0.1) is 11.8 Å². The first kappa shape index (κ1) is 19.1. The molecule has 3 aliphatic heterocycles. The molecule has 0 aromatic carbocycles. The summed E-state index contributed by atoms with van der Waals surface area (Å²) < 4.78 is 11.1. The third-order valence-electron chi connectivity index (χ3n) is 5.72. The summed E-state index contributed by atoms with van der Waals surface area (Å²) in [6.45, 7) is 9.22. The van der Waals surface area contributed by atoms with Crippen LogP contribution >= 0.6 is 0 Å². The van der Waals surface area contributed by atoms with Gasteiger partial charge in [-0.3, -0.25) is 14.5 Å². The first-order chi connectivity index (χ1) is 12.1. The summed E-state index contributed by atoms with van der Waals surface area (Å²) in [4.78, 5) is 41.9. The average Bonchev–Trinajstić information content (AvgIpc) is 3.13. The number of esters is 1. The monoisotopic (exact) mass is 368 g/mol. The minimum atomic E-state index is -2.02. The van der Waals surface area contributed by atoms with Gasteiger partial charge in [0.2, 0.25) is 11.5 Å². The van der Waals surface area contributed by atoms with Gasteiger partial charge in [0.25, 0.3) is 11.8 Å². The predicted molar refractivity (Wildman–Crippen MR) is 90.4 cm³/mol. The minimum absolute atomic E-state index is 0.0878. The van der Waals surface area contributed by atoms with Crippen molar-refractivity contribution in [3.05, 3.63) is 0 Å². The van der Waals surface area contributed by atoms with Gasteiger partial charge in [-0.2, -0.15) is 0 Å². The normalized spacial score (nSPS) is 36.8. The van der Waals surface area contributed by atoms with E-state index < -0.39 is 41.4 Å². The van der Waals surface area contributed by atoms with E-state index in [-0.39, 0.29) is 18.4 Å². The van der Waals surface area contributed by atoms with Crippen LogP contribution in [0.4, 0.5) is 0 Å². The highest BCUT2D eigenvalue weighted by molar-refractivity contribution is 6.09. The van der Waals surface area contributed by atoms with Crippen molar-refractivity contribution < 1.29 is 29.0 Å². The molecule has 26 heavy (non-hydrogen) atoms. The van der Waals surface area contributed by atoms with E-state index in [1.807, 2.05) is 13.8 Å². The number of hydrogen-bond donors (Lipinski definition) is 1. The second-order valence-corrected chi connectivity index (χ2v) is 7.93. The Morgan fingerprint density at radius 3 is 2.54 bits per heavy atom. The molecule has 0 spiro atoms. The summed E-state index contributed by atoms with van der Waals surface area (Å²) >= 11 is 0. The standard InChI is InChI=1S/C18H28N2O6/c1-6-25-16(23)17(11(4)5)15(22)20-13(10(2)3)14(21)19-9-7-8-12(19)18(20,24)26-17/h10-13,24H,6-9H2,1-5H3/t12?,13-,17+,18-/m0/s1. The Labute approximate surface area is 153 Å². The highest BCUT2D eigenvalue weighted by atomic mass is 16.7. The lowest BCUT2D eigenvalue weighted by Gasteiger charge is -2.49. The number of hydrogen-bond acceptors (Lipinski definition) is 6. The quantitative estimate of drug-likeness (QED) is 0.573. The second-order valence-electron chi connectivity index (χ2n) is 7.93. The largest absolute Gasteiger partial charge is 0.463 e. The Kier molecular flexibility index (Phi) is 4.55. The molecule has 3 saturated heterocycles. The van der Waals surface area contributed by atoms with Crippen LogP contribution in [0.2, 0.25) is 0 Å². The Hall–Kier alpha value is -1.67. The maximum Gasteiger partial charge on any atom is 0.348 e. The molecule has 3 rings (SSSR count). The van der Waals surface area contributed by atoms with Gasteiger partial charge in [-0.25, -0.2) is 4.79 Å². The van der Waals surface area contributed by atoms with E-state index in [4.69, 9.17) is 9.47 Å². The van der Waals surface area contributed by atoms with Crippen molar-refractivity contribution in [1.82, 2.24) is 9.80 Å². The SMILES string of the molecule is CCOC(=O)[C@]1(C(C)C)O[C@@]2(O)C3CCCN3C(=O)[C@H](C(C)C)N2C1=O. The van der Waals surface area contributed by atoms with Crippen molar-refractivity contribution in [3.8, 4) is 0 Å². The van der Waals surface area contributed by atoms with Crippen LogP contribution in [0.3, 0.4) is 0 Å². The number of aliphatic hydroxyl groups is 1. The van der Waals surface area contributed by atoms with Crippen molar-refractivity contribution in [1.29, 1.82) is 0 Å². The van der Waals surface area contributed by atoms with Crippen molar-refractivity contribution in [3.63, 3.8) is 0 Å². The van der Waals surface area contributed by atoms with Gasteiger partial charge < -0.3 is 19.5 Å². The van der Waals surface area contributed by atoms with E-state index in [2.05, 4.69) is 0 Å². The van der Waals surface area contributed by atoms with E-state index in [9.17, 15) is 19.5 Å². The Balaban J connectivity index is 2.16.